The normalized spacial score (nSPS) is 23.8. The Morgan fingerprint density at radius 3 is 2.86 bits per heavy atom. The van der Waals surface area contributed by atoms with Gasteiger partial charge in [-0.05, 0) is 36.8 Å². The quantitative estimate of drug-likeness (QED) is 0.927. The Labute approximate surface area is 125 Å². The number of aromatic amines is 1. The average Bonchev–Trinajstić information content (AvgIpc) is 3.23. The molecule has 108 valence electrons. The number of carbonyl (C=O) groups is 1. The molecular weight excluding hydrogens is 289 g/mol. The molecule has 2 saturated heterocycles. The number of halogens is 1. The second-order valence-electron chi connectivity index (χ2n) is 5.48. The number of nitrogens with one attached hydrogen (secondary N) is 1. The molecule has 0 saturated carbocycles. The number of likely N-dealkylation sites (tertiary alicyclic amines) is 1. The molecule has 6 heteroatoms. The number of aromatic nitrogens is 2. The largest absolute Gasteiger partial charge is 0.332 e. The lowest BCUT2D eigenvalue weighted by molar-refractivity contribution is 0.0741. The molecule has 1 N–H and O–H groups in total. The van der Waals surface area contributed by atoms with E-state index in [1.165, 1.54) is 12.1 Å². The number of benzene rings is 1. The van der Waals surface area contributed by atoms with E-state index in [4.69, 9.17) is 0 Å². The first-order valence-corrected chi connectivity index (χ1v) is 7.99. The SMILES string of the molecule is O=C(c1cc(-c2ccc(F)cc2)n[nH]1)N1CC2CC1CS2. The summed E-state index contributed by atoms with van der Waals surface area (Å²) in [6, 6.07) is 8.21. The van der Waals surface area contributed by atoms with Crippen molar-refractivity contribution in [2.24, 2.45) is 0 Å². The fourth-order valence-corrected chi connectivity index (χ4v) is 4.44. The second-order valence-corrected chi connectivity index (χ2v) is 6.81. The van der Waals surface area contributed by atoms with Crippen molar-refractivity contribution in [2.45, 2.75) is 17.7 Å². The maximum Gasteiger partial charge on any atom is 0.272 e. The van der Waals surface area contributed by atoms with Crippen molar-refractivity contribution in [1.29, 1.82) is 0 Å². The van der Waals surface area contributed by atoms with Crippen LogP contribution in [-0.2, 0) is 0 Å². The summed E-state index contributed by atoms with van der Waals surface area (Å²) in [6.45, 7) is 0.832. The number of amides is 1. The van der Waals surface area contributed by atoms with Crippen molar-refractivity contribution >= 4 is 17.7 Å². The summed E-state index contributed by atoms with van der Waals surface area (Å²) >= 11 is 1.96. The molecule has 0 aliphatic carbocycles. The van der Waals surface area contributed by atoms with Gasteiger partial charge >= 0.3 is 0 Å². The molecule has 2 bridgehead atoms. The van der Waals surface area contributed by atoms with E-state index in [-0.39, 0.29) is 11.7 Å². The van der Waals surface area contributed by atoms with E-state index in [0.717, 1.165) is 24.3 Å². The summed E-state index contributed by atoms with van der Waals surface area (Å²) < 4.78 is 12.9. The number of H-pyrrole nitrogens is 1. The molecule has 2 aliphatic rings. The van der Waals surface area contributed by atoms with Crippen LogP contribution in [0.5, 0.6) is 0 Å². The third kappa shape index (κ3) is 2.23. The number of rotatable bonds is 2. The number of fused-ring (bicyclic) bond motifs is 2. The predicted octanol–water partition coefficient (Wildman–Crippen LogP) is 2.55. The molecule has 1 aromatic heterocycles. The van der Waals surface area contributed by atoms with Crippen LogP contribution in [0.2, 0.25) is 0 Å². The number of hydrogen-bond acceptors (Lipinski definition) is 3. The molecule has 2 atom stereocenters. The summed E-state index contributed by atoms with van der Waals surface area (Å²) in [7, 11) is 0. The fourth-order valence-electron chi connectivity index (χ4n) is 3.00. The van der Waals surface area contributed by atoms with Crippen LogP contribution in [0.15, 0.2) is 30.3 Å². The Bertz CT molecular complexity index is 684. The first-order valence-electron chi connectivity index (χ1n) is 6.94. The van der Waals surface area contributed by atoms with Crippen LogP contribution in [0, 0.1) is 5.82 Å². The Kier molecular flexibility index (Phi) is 2.99. The lowest BCUT2D eigenvalue weighted by Crippen LogP contribution is -2.39. The first-order chi connectivity index (χ1) is 10.2. The van der Waals surface area contributed by atoms with Crippen LogP contribution in [0.25, 0.3) is 11.3 Å². The molecule has 21 heavy (non-hydrogen) atoms. The van der Waals surface area contributed by atoms with Gasteiger partial charge in [0.2, 0.25) is 0 Å². The van der Waals surface area contributed by atoms with Gasteiger partial charge in [0.15, 0.2) is 0 Å². The van der Waals surface area contributed by atoms with Gasteiger partial charge in [0, 0.05) is 29.2 Å². The van der Waals surface area contributed by atoms with Gasteiger partial charge in [0.1, 0.15) is 11.5 Å². The van der Waals surface area contributed by atoms with Gasteiger partial charge in [-0.2, -0.15) is 16.9 Å². The van der Waals surface area contributed by atoms with Crippen molar-refractivity contribution in [1.82, 2.24) is 15.1 Å². The zero-order chi connectivity index (χ0) is 14.4. The predicted molar refractivity (Wildman–Crippen MR) is 79.7 cm³/mol. The van der Waals surface area contributed by atoms with E-state index in [1.54, 1.807) is 18.2 Å². The highest BCUT2D eigenvalue weighted by Crippen LogP contribution is 2.38. The van der Waals surface area contributed by atoms with E-state index in [1.807, 2.05) is 16.7 Å². The van der Waals surface area contributed by atoms with E-state index in [0.29, 0.717) is 22.7 Å². The van der Waals surface area contributed by atoms with Crippen LogP contribution < -0.4 is 0 Å². The monoisotopic (exact) mass is 303 g/mol. The number of carbonyl (C=O) groups excluding carboxylic acids is 1. The third-order valence-corrected chi connectivity index (χ3v) is 5.50. The zero-order valence-electron chi connectivity index (χ0n) is 11.3. The molecule has 2 unspecified atom stereocenters. The summed E-state index contributed by atoms with van der Waals surface area (Å²) in [4.78, 5) is 14.5. The Morgan fingerprint density at radius 2 is 2.19 bits per heavy atom. The summed E-state index contributed by atoms with van der Waals surface area (Å²) in [5, 5.41) is 7.58. The fraction of sp³-hybridized carbons (Fsp3) is 0.333. The van der Waals surface area contributed by atoms with Gasteiger partial charge in [-0.15, -0.1) is 0 Å². The molecule has 4 rings (SSSR count). The van der Waals surface area contributed by atoms with E-state index < -0.39 is 0 Å². The average molecular weight is 303 g/mol. The van der Waals surface area contributed by atoms with E-state index in [9.17, 15) is 9.18 Å². The summed E-state index contributed by atoms with van der Waals surface area (Å²) in [6.07, 6.45) is 1.11. The number of hydrogen-bond donors (Lipinski definition) is 1. The van der Waals surface area contributed by atoms with Crippen molar-refractivity contribution in [2.75, 3.05) is 12.3 Å². The van der Waals surface area contributed by atoms with Crippen LogP contribution in [0.4, 0.5) is 4.39 Å². The molecule has 0 spiro atoms. The minimum Gasteiger partial charge on any atom is -0.332 e. The van der Waals surface area contributed by atoms with E-state index >= 15 is 0 Å². The molecule has 2 aliphatic heterocycles. The van der Waals surface area contributed by atoms with Crippen LogP contribution >= 0.6 is 11.8 Å². The number of nitrogens with zero attached hydrogens (tertiary/aromatic N) is 2. The van der Waals surface area contributed by atoms with Gasteiger partial charge in [0.25, 0.3) is 5.91 Å². The highest BCUT2D eigenvalue weighted by molar-refractivity contribution is 8.00. The maximum atomic E-state index is 12.9. The molecule has 4 nitrogen and oxygen atoms in total. The minimum absolute atomic E-state index is 0.0173. The topological polar surface area (TPSA) is 49.0 Å². The Hall–Kier alpha value is -1.82. The third-order valence-electron chi connectivity index (χ3n) is 4.11. The lowest BCUT2D eigenvalue weighted by Gasteiger charge is -2.25. The standard InChI is InChI=1S/C15H14FN3OS/c16-10-3-1-9(2-4-10)13-6-14(18-17-13)15(20)19-7-12-5-11(19)8-21-12/h1-4,6,11-12H,5,7-8H2,(H,17,18). The van der Waals surface area contributed by atoms with Crippen molar-refractivity contribution in [3.63, 3.8) is 0 Å². The van der Waals surface area contributed by atoms with Crippen molar-refractivity contribution in [3.05, 3.63) is 41.8 Å². The molecule has 3 heterocycles. The van der Waals surface area contributed by atoms with Gasteiger partial charge in [-0.3, -0.25) is 9.89 Å². The lowest BCUT2D eigenvalue weighted by atomic mass is 10.1. The highest BCUT2D eigenvalue weighted by atomic mass is 32.2. The first kappa shape index (κ1) is 12.9. The summed E-state index contributed by atoms with van der Waals surface area (Å²) in [5.41, 5.74) is 1.97. The van der Waals surface area contributed by atoms with Gasteiger partial charge in [-0.25, -0.2) is 4.39 Å². The minimum atomic E-state index is -0.281. The Morgan fingerprint density at radius 1 is 1.38 bits per heavy atom. The molecule has 0 radical (unpaired) electrons. The van der Waals surface area contributed by atoms with Crippen molar-refractivity contribution in [3.8, 4) is 11.3 Å². The van der Waals surface area contributed by atoms with Crippen LogP contribution in [0.3, 0.4) is 0 Å². The molecule has 1 amide bonds. The van der Waals surface area contributed by atoms with Crippen LogP contribution in [0.1, 0.15) is 16.9 Å². The zero-order valence-corrected chi connectivity index (χ0v) is 12.1. The Balaban J connectivity index is 1.57. The van der Waals surface area contributed by atoms with Crippen LogP contribution in [-0.4, -0.2) is 44.6 Å². The highest BCUT2D eigenvalue weighted by Gasteiger charge is 2.41. The molecular formula is C15H14FN3OS. The molecule has 2 fully saturated rings. The summed E-state index contributed by atoms with van der Waals surface area (Å²) in [5.74, 6) is 0.773. The molecule has 2 aromatic rings. The van der Waals surface area contributed by atoms with E-state index in [2.05, 4.69) is 10.2 Å². The van der Waals surface area contributed by atoms with Gasteiger partial charge in [0.05, 0.1) is 5.69 Å². The van der Waals surface area contributed by atoms with Gasteiger partial charge in [-0.1, -0.05) is 0 Å². The van der Waals surface area contributed by atoms with Crippen molar-refractivity contribution < 1.29 is 9.18 Å². The maximum absolute atomic E-state index is 12.9. The smallest absolute Gasteiger partial charge is 0.272 e. The second kappa shape index (κ2) is 4.87. The van der Waals surface area contributed by atoms with Gasteiger partial charge < -0.3 is 4.90 Å². The number of thioether (sulfide) groups is 1. The molecule has 1 aromatic carbocycles.